The Labute approximate surface area is 162 Å². The second kappa shape index (κ2) is 7.25. The lowest BCUT2D eigenvalue weighted by Gasteiger charge is -2.16. The van der Waals surface area contributed by atoms with Crippen LogP contribution in [0.4, 0.5) is 0 Å². The fourth-order valence-corrected chi connectivity index (χ4v) is 5.46. The van der Waals surface area contributed by atoms with Crippen LogP contribution in [0.5, 0.6) is 5.75 Å². The van der Waals surface area contributed by atoms with E-state index in [0.29, 0.717) is 22.8 Å². The molecule has 0 bridgehead atoms. The van der Waals surface area contributed by atoms with Gasteiger partial charge in [0.2, 0.25) is 5.78 Å². The third-order valence-corrected chi connectivity index (χ3v) is 7.19. The number of Topliss-reactive ketones (excluding diaryl/α,β-unsaturated/α-hetero) is 1. The van der Waals surface area contributed by atoms with Crippen LogP contribution in [-0.2, 0) is 9.84 Å². The second-order valence-corrected chi connectivity index (χ2v) is 9.49. The predicted molar refractivity (Wildman–Crippen MR) is 103 cm³/mol. The van der Waals surface area contributed by atoms with E-state index in [1.54, 1.807) is 24.3 Å². The maximum absolute atomic E-state index is 12.6. The van der Waals surface area contributed by atoms with Gasteiger partial charge in [0.25, 0.3) is 0 Å². The topological polar surface area (TPSA) is 65.4 Å². The molecule has 1 aliphatic rings. The number of carbonyl (C=O) groups is 1. The molecule has 2 heterocycles. The van der Waals surface area contributed by atoms with Gasteiger partial charge < -0.3 is 9.30 Å². The highest BCUT2D eigenvalue weighted by Crippen LogP contribution is 2.32. The van der Waals surface area contributed by atoms with Crippen molar-refractivity contribution in [1.29, 1.82) is 0 Å². The summed E-state index contributed by atoms with van der Waals surface area (Å²) in [5, 5.41) is 0.626. The van der Waals surface area contributed by atoms with Crippen molar-refractivity contribution in [2.75, 3.05) is 18.1 Å². The number of carbonyl (C=O) groups excluding carboxylic acids is 1. The summed E-state index contributed by atoms with van der Waals surface area (Å²) in [6.45, 7) is 3.54. The van der Waals surface area contributed by atoms with Crippen LogP contribution in [0.25, 0.3) is 0 Å². The highest BCUT2D eigenvalue weighted by atomic mass is 35.5. The van der Waals surface area contributed by atoms with Crippen LogP contribution in [-0.4, -0.2) is 36.9 Å². The van der Waals surface area contributed by atoms with Crippen molar-refractivity contribution in [3.05, 3.63) is 51.3 Å². The molecule has 1 aromatic heterocycles. The number of hydrogen-bond donors (Lipinski definition) is 0. The molecule has 5 nitrogen and oxygen atoms in total. The molecule has 1 aromatic carbocycles. The van der Waals surface area contributed by atoms with Gasteiger partial charge in [-0.25, -0.2) is 8.42 Å². The van der Waals surface area contributed by atoms with Gasteiger partial charge in [0.1, 0.15) is 10.8 Å². The quantitative estimate of drug-likeness (QED) is 0.691. The fourth-order valence-electron chi connectivity index (χ4n) is 3.42. The van der Waals surface area contributed by atoms with Crippen molar-refractivity contribution in [2.45, 2.75) is 26.3 Å². The summed E-state index contributed by atoms with van der Waals surface area (Å²) >= 11 is 12.0. The zero-order chi connectivity index (χ0) is 19.1. The number of sulfone groups is 1. The van der Waals surface area contributed by atoms with E-state index in [9.17, 15) is 13.2 Å². The van der Waals surface area contributed by atoms with E-state index in [-0.39, 0.29) is 35.0 Å². The molecule has 0 N–H and O–H groups in total. The number of nitrogens with zero attached hydrogens (tertiary/aromatic N) is 1. The third kappa shape index (κ3) is 3.77. The number of halogens is 2. The number of benzene rings is 1. The van der Waals surface area contributed by atoms with E-state index in [4.69, 9.17) is 27.9 Å². The number of ketones is 1. The molecule has 1 saturated heterocycles. The Morgan fingerprint density at radius 2 is 2.04 bits per heavy atom. The predicted octanol–water partition coefficient (Wildman–Crippen LogP) is 4.03. The summed E-state index contributed by atoms with van der Waals surface area (Å²) in [5.74, 6) is 0.462. The van der Waals surface area contributed by atoms with Gasteiger partial charge in [-0.15, -0.1) is 0 Å². The molecule has 2 aromatic rings. The SMILES string of the molecule is Cc1cc(C(=O)COc2cccc(Cl)c2Cl)c(C)n1[C@H]1CCS(=O)(=O)C1. The fraction of sp³-hybridized carbons (Fsp3) is 0.389. The summed E-state index contributed by atoms with van der Waals surface area (Å²) in [5.41, 5.74) is 2.16. The molecule has 8 heteroatoms. The second-order valence-electron chi connectivity index (χ2n) is 6.48. The average molecular weight is 416 g/mol. The minimum absolute atomic E-state index is 0.117. The van der Waals surface area contributed by atoms with Crippen molar-refractivity contribution in [3.63, 3.8) is 0 Å². The summed E-state index contributed by atoms with van der Waals surface area (Å²) in [7, 11) is -3.00. The van der Waals surface area contributed by atoms with Crippen molar-refractivity contribution in [2.24, 2.45) is 0 Å². The molecule has 0 radical (unpaired) electrons. The molecule has 3 rings (SSSR count). The molecule has 26 heavy (non-hydrogen) atoms. The van der Waals surface area contributed by atoms with Gasteiger partial charge in [-0.05, 0) is 38.5 Å². The van der Waals surface area contributed by atoms with Crippen LogP contribution < -0.4 is 4.74 Å². The first-order valence-electron chi connectivity index (χ1n) is 8.18. The molecule has 0 spiro atoms. The molecule has 0 unspecified atom stereocenters. The number of rotatable bonds is 5. The molecular formula is C18H19Cl2NO4S. The summed E-state index contributed by atoms with van der Waals surface area (Å²) in [6, 6.07) is 6.65. The first kappa shape index (κ1) is 19.3. The van der Waals surface area contributed by atoms with Crippen LogP contribution in [0.15, 0.2) is 24.3 Å². The zero-order valence-corrected chi connectivity index (χ0v) is 16.8. The minimum atomic E-state index is -3.00. The third-order valence-electron chi connectivity index (χ3n) is 4.63. The highest BCUT2D eigenvalue weighted by molar-refractivity contribution is 7.91. The van der Waals surface area contributed by atoms with Crippen LogP contribution in [0.2, 0.25) is 10.0 Å². The normalized spacial score (nSPS) is 18.8. The lowest BCUT2D eigenvalue weighted by atomic mass is 10.1. The number of aromatic nitrogens is 1. The first-order valence-corrected chi connectivity index (χ1v) is 10.8. The van der Waals surface area contributed by atoms with Gasteiger partial charge in [-0.2, -0.15) is 0 Å². The summed E-state index contributed by atoms with van der Waals surface area (Å²) in [6.07, 6.45) is 0.570. The molecule has 1 aliphatic heterocycles. The zero-order valence-electron chi connectivity index (χ0n) is 14.5. The van der Waals surface area contributed by atoms with Crippen LogP contribution in [0, 0.1) is 13.8 Å². The smallest absolute Gasteiger partial charge is 0.202 e. The van der Waals surface area contributed by atoms with Crippen molar-refractivity contribution in [3.8, 4) is 5.75 Å². The number of aryl methyl sites for hydroxylation is 1. The lowest BCUT2D eigenvalue weighted by molar-refractivity contribution is 0.0921. The van der Waals surface area contributed by atoms with Crippen LogP contribution >= 0.6 is 23.2 Å². The molecule has 1 atom stereocenters. The Hall–Kier alpha value is -1.50. The van der Waals surface area contributed by atoms with E-state index in [2.05, 4.69) is 0 Å². The van der Waals surface area contributed by atoms with Gasteiger partial charge in [0.15, 0.2) is 16.4 Å². The van der Waals surface area contributed by atoms with Crippen molar-refractivity contribution in [1.82, 2.24) is 4.57 Å². The standard InChI is InChI=1S/C18H19Cl2NO4S/c1-11-8-14(12(2)21(11)13-6-7-26(23,24)10-13)16(22)9-25-17-5-3-4-15(19)18(17)20/h3-5,8,13H,6-7,9-10H2,1-2H3/t13-/m0/s1. The minimum Gasteiger partial charge on any atom is -0.484 e. The van der Waals surface area contributed by atoms with Crippen LogP contribution in [0.3, 0.4) is 0 Å². The molecule has 1 fully saturated rings. The Kier molecular flexibility index (Phi) is 5.37. The number of hydrogen-bond acceptors (Lipinski definition) is 4. The Morgan fingerprint density at radius 1 is 1.31 bits per heavy atom. The van der Waals surface area contributed by atoms with E-state index in [1.807, 2.05) is 18.4 Å². The summed E-state index contributed by atoms with van der Waals surface area (Å²) < 4.78 is 31.0. The van der Waals surface area contributed by atoms with Crippen molar-refractivity contribution >= 4 is 38.8 Å². The highest BCUT2D eigenvalue weighted by Gasteiger charge is 2.31. The van der Waals surface area contributed by atoms with E-state index < -0.39 is 9.84 Å². The van der Waals surface area contributed by atoms with Gasteiger partial charge >= 0.3 is 0 Å². The number of ether oxygens (including phenoxy) is 1. The Morgan fingerprint density at radius 3 is 2.69 bits per heavy atom. The van der Waals surface area contributed by atoms with Gasteiger partial charge in [0.05, 0.1) is 16.5 Å². The molecule has 0 amide bonds. The molecule has 0 aliphatic carbocycles. The maximum atomic E-state index is 12.6. The molecule has 0 saturated carbocycles. The lowest BCUT2D eigenvalue weighted by Crippen LogP contribution is -2.16. The van der Waals surface area contributed by atoms with Crippen LogP contribution in [0.1, 0.15) is 34.2 Å². The monoisotopic (exact) mass is 415 g/mol. The van der Waals surface area contributed by atoms with Gasteiger partial charge in [-0.3, -0.25) is 4.79 Å². The Balaban J connectivity index is 1.78. The molecule has 140 valence electrons. The average Bonchev–Trinajstić information content (AvgIpc) is 3.07. The first-order chi connectivity index (χ1) is 12.2. The largest absolute Gasteiger partial charge is 0.484 e. The maximum Gasteiger partial charge on any atom is 0.202 e. The molecular weight excluding hydrogens is 397 g/mol. The van der Waals surface area contributed by atoms with Crippen molar-refractivity contribution < 1.29 is 17.9 Å². The Bertz CT molecular complexity index is 966. The van der Waals surface area contributed by atoms with Gasteiger partial charge in [0, 0.05) is 23.0 Å². The summed E-state index contributed by atoms with van der Waals surface area (Å²) in [4.78, 5) is 12.6. The van der Waals surface area contributed by atoms with Gasteiger partial charge in [-0.1, -0.05) is 29.3 Å². The van der Waals surface area contributed by atoms with E-state index in [0.717, 1.165) is 11.4 Å². The van der Waals surface area contributed by atoms with E-state index in [1.165, 1.54) is 0 Å². The van der Waals surface area contributed by atoms with E-state index >= 15 is 0 Å².